The molecule has 1 aromatic rings. The summed E-state index contributed by atoms with van der Waals surface area (Å²) in [6.45, 7) is 1.66. The first-order valence-corrected chi connectivity index (χ1v) is 9.45. The van der Waals surface area contributed by atoms with Gasteiger partial charge < -0.3 is 10.2 Å². The average Bonchev–Trinajstić information content (AvgIpc) is 2.93. The van der Waals surface area contributed by atoms with Gasteiger partial charge in [-0.05, 0) is 24.8 Å². The second-order valence-electron chi connectivity index (χ2n) is 7.24. The normalized spacial score (nSPS) is 23.8. The van der Waals surface area contributed by atoms with Crippen molar-refractivity contribution in [2.45, 2.75) is 57.0 Å². The summed E-state index contributed by atoms with van der Waals surface area (Å²) in [5.41, 5.74) is -0.335. The molecule has 1 heterocycles. The van der Waals surface area contributed by atoms with Gasteiger partial charge in [-0.1, -0.05) is 56.5 Å². The number of likely N-dealkylation sites (N-methyl/N-ethyl adjacent to an activating group) is 1. The maximum Gasteiger partial charge on any atom is 0.325 e. The molecule has 1 saturated carbocycles. The maximum absolute atomic E-state index is 13.1. The van der Waals surface area contributed by atoms with Crippen molar-refractivity contribution in [3.63, 3.8) is 0 Å². The molecule has 4 amide bonds. The lowest BCUT2D eigenvalue weighted by Gasteiger charge is -2.32. The summed E-state index contributed by atoms with van der Waals surface area (Å²) < 4.78 is 0. The van der Waals surface area contributed by atoms with Gasteiger partial charge in [-0.15, -0.1) is 0 Å². The van der Waals surface area contributed by atoms with Crippen molar-refractivity contribution in [2.75, 3.05) is 13.6 Å². The van der Waals surface area contributed by atoms with Crippen LogP contribution in [0.1, 0.15) is 51.0 Å². The van der Waals surface area contributed by atoms with Gasteiger partial charge in [0.05, 0.1) is 0 Å². The van der Waals surface area contributed by atoms with Crippen LogP contribution in [-0.4, -0.2) is 47.3 Å². The van der Waals surface area contributed by atoms with Gasteiger partial charge in [0.2, 0.25) is 5.91 Å². The molecule has 6 nitrogen and oxygen atoms in total. The first-order valence-electron chi connectivity index (χ1n) is 9.45. The lowest BCUT2D eigenvalue weighted by Crippen LogP contribution is -2.47. The van der Waals surface area contributed by atoms with E-state index < -0.39 is 11.6 Å². The Morgan fingerprint density at radius 2 is 1.85 bits per heavy atom. The lowest BCUT2D eigenvalue weighted by molar-refractivity contribution is -0.140. The van der Waals surface area contributed by atoms with E-state index in [1.807, 2.05) is 37.3 Å². The number of nitrogens with zero attached hydrogens (tertiary/aromatic N) is 2. The molecule has 1 N–H and O–H groups in total. The zero-order valence-electron chi connectivity index (χ0n) is 15.5. The van der Waals surface area contributed by atoms with Crippen molar-refractivity contribution < 1.29 is 14.4 Å². The highest BCUT2D eigenvalue weighted by atomic mass is 16.2. The summed E-state index contributed by atoms with van der Waals surface area (Å²) in [4.78, 5) is 41.0. The predicted octanol–water partition coefficient (Wildman–Crippen LogP) is 2.63. The molecule has 1 saturated heterocycles. The fraction of sp³-hybridized carbons (Fsp3) is 0.550. The third kappa shape index (κ3) is 3.20. The summed E-state index contributed by atoms with van der Waals surface area (Å²) in [5.74, 6) is -0.526. The topological polar surface area (TPSA) is 69.7 Å². The molecule has 2 fully saturated rings. The van der Waals surface area contributed by atoms with Gasteiger partial charge in [0, 0.05) is 13.1 Å². The fourth-order valence-corrected chi connectivity index (χ4v) is 4.05. The van der Waals surface area contributed by atoms with E-state index in [9.17, 15) is 14.4 Å². The second-order valence-corrected chi connectivity index (χ2v) is 7.24. The van der Waals surface area contributed by atoms with Gasteiger partial charge in [-0.25, -0.2) is 4.79 Å². The van der Waals surface area contributed by atoms with Crippen molar-refractivity contribution in [1.82, 2.24) is 15.1 Å². The standard InChI is InChI=1S/C20H27N3O3/c1-3-20(15-10-6-4-7-11-15)18(25)23(19(26)21-20)14-17(24)22(2)16-12-8-5-9-13-16/h4,6-7,10-11,16H,3,5,8-9,12-14H2,1-2H3,(H,21,26)/t20-/m1/s1. The number of nitrogens with one attached hydrogen (secondary N) is 1. The van der Waals surface area contributed by atoms with Gasteiger partial charge in [-0.3, -0.25) is 14.5 Å². The Bertz CT molecular complexity index is 685. The SMILES string of the molecule is CC[C@]1(c2ccccc2)NC(=O)N(CC(=O)N(C)C2CCCCC2)C1=O. The summed E-state index contributed by atoms with van der Waals surface area (Å²) in [5, 5.41) is 2.82. The van der Waals surface area contributed by atoms with Crippen molar-refractivity contribution in [2.24, 2.45) is 0 Å². The smallest absolute Gasteiger partial charge is 0.325 e. The molecule has 1 aliphatic heterocycles. The minimum atomic E-state index is -1.08. The molecule has 1 aliphatic carbocycles. The zero-order valence-corrected chi connectivity index (χ0v) is 15.5. The Labute approximate surface area is 154 Å². The first kappa shape index (κ1) is 18.4. The number of rotatable bonds is 5. The van der Waals surface area contributed by atoms with Crippen LogP contribution in [0.4, 0.5) is 4.79 Å². The highest BCUT2D eigenvalue weighted by Gasteiger charge is 2.51. The minimum Gasteiger partial charge on any atom is -0.341 e. The van der Waals surface area contributed by atoms with Gasteiger partial charge in [-0.2, -0.15) is 0 Å². The molecular formula is C20H27N3O3. The molecule has 3 rings (SSSR count). The Kier molecular flexibility index (Phi) is 5.30. The molecule has 140 valence electrons. The Morgan fingerprint density at radius 3 is 2.46 bits per heavy atom. The van der Waals surface area contributed by atoms with Crippen LogP contribution in [0.2, 0.25) is 0 Å². The quantitative estimate of drug-likeness (QED) is 0.824. The number of imide groups is 1. The minimum absolute atomic E-state index is 0.180. The summed E-state index contributed by atoms with van der Waals surface area (Å²) in [6, 6.07) is 8.94. The van der Waals surface area contributed by atoms with Crippen molar-refractivity contribution >= 4 is 17.8 Å². The van der Waals surface area contributed by atoms with Crippen LogP contribution >= 0.6 is 0 Å². The molecular weight excluding hydrogens is 330 g/mol. The molecule has 2 aliphatic rings. The number of carbonyl (C=O) groups excluding carboxylic acids is 3. The third-order valence-electron chi connectivity index (χ3n) is 5.78. The monoisotopic (exact) mass is 357 g/mol. The Hall–Kier alpha value is -2.37. The van der Waals surface area contributed by atoms with Crippen LogP contribution in [0.25, 0.3) is 0 Å². The van der Waals surface area contributed by atoms with Crippen LogP contribution < -0.4 is 5.32 Å². The summed E-state index contributed by atoms with van der Waals surface area (Å²) in [7, 11) is 1.78. The number of benzene rings is 1. The number of hydrogen-bond donors (Lipinski definition) is 1. The van der Waals surface area contributed by atoms with E-state index in [2.05, 4.69) is 5.32 Å². The molecule has 26 heavy (non-hydrogen) atoms. The molecule has 1 aromatic carbocycles. The largest absolute Gasteiger partial charge is 0.341 e. The van der Waals surface area contributed by atoms with Crippen LogP contribution in [0, 0.1) is 0 Å². The van der Waals surface area contributed by atoms with E-state index >= 15 is 0 Å². The van der Waals surface area contributed by atoms with Crippen molar-refractivity contribution in [1.29, 1.82) is 0 Å². The summed E-state index contributed by atoms with van der Waals surface area (Å²) in [6.07, 6.45) is 5.87. The van der Waals surface area contributed by atoms with Crippen LogP contribution in [-0.2, 0) is 15.1 Å². The van der Waals surface area contributed by atoms with Gasteiger partial charge in [0.25, 0.3) is 5.91 Å². The number of urea groups is 1. The van der Waals surface area contributed by atoms with Gasteiger partial charge >= 0.3 is 6.03 Å². The van der Waals surface area contributed by atoms with E-state index in [0.717, 1.165) is 36.1 Å². The highest BCUT2D eigenvalue weighted by Crippen LogP contribution is 2.32. The summed E-state index contributed by atoms with van der Waals surface area (Å²) >= 11 is 0. The van der Waals surface area contributed by atoms with E-state index in [1.165, 1.54) is 6.42 Å². The maximum atomic E-state index is 13.1. The Morgan fingerprint density at radius 1 is 1.19 bits per heavy atom. The van der Waals surface area contributed by atoms with Crippen LogP contribution in [0.15, 0.2) is 30.3 Å². The van der Waals surface area contributed by atoms with Crippen molar-refractivity contribution in [3.05, 3.63) is 35.9 Å². The van der Waals surface area contributed by atoms with Crippen molar-refractivity contribution in [3.8, 4) is 0 Å². The number of hydrogen-bond acceptors (Lipinski definition) is 3. The van der Waals surface area contributed by atoms with E-state index in [0.29, 0.717) is 6.42 Å². The zero-order chi connectivity index (χ0) is 18.7. The van der Waals surface area contributed by atoms with E-state index in [1.54, 1.807) is 11.9 Å². The number of amides is 4. The lowest BCUT2D eigenvalue weighted by atomic mass is 9.87. The van der Waals surface area contributed by atoms with E-state index in [4.69, 9.17) is 0 Å². The average molecular weight is 357 g/mol. The first-order chi connectivity index (χ1) is 12.5. The Balaban J connectivity index is 1.75. The molecule has 0 bridgehead atoms. The second kappa shape index (κ2) is 7.48. The molecule has 0 aromatic heterocycles. The van der Waals surface area contributed by atoms with E-state index in [-0.39, 0.29) is 24.4 Å². The fourth-order valence-electron chi connectivity index (χ4n) is 4.05. The van der Waals surface area contributed by atoms with Gasteiger partial charge in [0.15, 0.2) is 0 Å². The third-order valence-corrected chi connectivity index (χ3v) is 5.78. The van der Waals surface area contributed by atoms with Crippen LogP contribution in [0.3, 0.4) is 0 Å². The predicted molar refractivity (Wildman–Crippen MR) is 98.3 cm³/mol. The van der Waals surface area contributed by atoms with Crippen LogP contribution in [0.5, 0.6) is 0 Å². The highest BCUT2D eigenvalue weighted by molar-refractivity contribution is 6.09. The number of carbonyl (C=O) groups is 3. The molecule has 6 heteroatoms. The molecule has 0 radical (unpaired) electrons. The molecule has 1 atom stereocenters. The molecule has 0 spiro atoms. The van der Waals surface area contributed by atoms with Gasteiger partial charge in [0.1, 0.15) is 12.1 Å². The molecule has 0 unspecified atom stereocenters.